The van der Waals surface area contributed by atoms with E-state index in [9.17, 15) is 5.11 Å². The summed E-state index contributed by atoms with van der Waals surface area (Å²) in [7, 11) is 0. The highest BCUT2D eigenvalue weighted by Gasteiger charge is 2.39. The van der Waals surface area contributed by atoms with Crippen LogP contribution in [0.15, 0.2) is 24.3 Å². The lowest BCUT2D eigenvalue weighted by Gasteiger charge is -2.17. The summed E-state index contributed by atoms with van der Waals surface area (Å²) in [6.45, 7) is 2.48. The molecule has 110 valence electrons. The van der Waals surface area contributed by atoms with E-state index in [4.69, 9.17) is 21.1 Å². The molecular weight excluding hydrogens is 280 g/mol. The second-order valence-electron chi connectivity index (χ2n) is 5.18. The molecule has 1 aromatic rings. The summed E-state index contributed by atoms with van der Waals surface area (Å²) in [6, 6.07) is 8.44. The van der Waals surface area contributed by atoms with Gasteiger partial charge in [-0.25, -0.2) is 4.90 Å². The minimum absolute atomic E-state index is 0.0833. The van der Waals surface area contributed by atoms with Crippen molar-refractivity contribution in [1.29, 1.82) is 0 Å². The number of aliphatic hydroxyl groups is 1. The number of anilines is 1. The van der Waals surface area contributed by atoms with Crippen molar-refractivity contribution in [3.8, 4) is 0 Å². The standard InChI is InChI=1S/C14H19ClN2O3/c15-5-12(18)6-16-11-3-1-10(2-4-11)14-13-7-19-8-17(13)9-20-14/h1-4,12-14,16,18H,5-9H2. The quantitative estimate of drug-likeness (QED) is 0.805. The van der Waals surface area contributed by atoms with Crippen molar-refractivity contribution in [3.05, 3.63) is 29.8 Å². The Kier molecular flexibility index (Phi) is 4.43. The molecule has 2 saturated heterocycles. The van der Waals surface area contributed by atoms with E-state index in [1.807, 2.05) is 12.1 Å². The van der Waals surface area contributed by atoms with Gasteiger partial charge in [-0.2, -0.15) is 0 Å². The predicted octanol–water partition coefficient (Wildman–Crippen LogP) is 1.39. The average molecular weight is 299 g/mol. The Hall–Kier alpha value is -0.850. The molecule has 2 aliphatic rings. The van der Waals surface area contributed by atoms with Crippen LogP contribution in [0.3, 0.4) is 0 Å². The van der Waals surface area contributed by atoms with E-state index >= 15 is 0 Å². The van der Waals surface area contributed by atoms with E-state index in [2.05, 4.69) is 22.3 Å². The van der Waals surface area contributed by atoms with Gasteiger partial charge in [0.15, 0.2) is 0 Å². The third-order valence-corrected chi connectivity index (χ3v) is 4.10. The van der Waals surface area contributed by atoms with Crippen LogP contribution in [0.1, 0.15) is 11.7 Å². The van der Waals surface area contributed by atoms with Crippen LogP contribution in [0, 0.1) is 0 Å². The number of nitrogens with one attached hydrogen (secondary N) is 1. The summed E-state index contributed by atoms with van der Waals surface area (Å²) in [6.07, 6.45) is -0.446. The molecule has 5 nitrogen and oxygen atoms in total. The Bertz CT molecular complexity index is 443. The first-order valence-corrected chi connectivity index (χ1v) is 7.32. The summed E-state index contributed by atoms with van der Waals surface area (Å²) >= 11 is 5.56. The molecule has 0 aliphatic carbocycles. The Morgan fingerprint density at radius 1 is 1.35 bits per heavy atom. The number of nitrogens with zero attached hydrogens (tertiary/aromatic N) is 1. The largest absolute Gasteiger partial charge is 0.390 e. The Morgan fingerprint density at radius 3 is 2.90 bits per heavy atom. The molecule has 2 aliphatic heterocycles. The third-order valence-electron chi connectivity index (χ3n) is 3.74. The van der Waals surface area contributed by atoms with Crippen molar-refractivity contribution in [3.63, 3.8) is 0 Å². The number of alkyl halides is 1. The molecule has 3 rings (SSSR count). The molecule has 2 N–H and O–H groups in total. The molecule has 3 unspecified atom stereocenters. The molecule has 2 heterocycles. The van der Waals surface area contributed by atoms with Gasteiger partial charge in [-0.3, -0.25) is 0 Å². The number of benzene rings is 1. The fourth-order valence-corrected chi connectivity index (χ4v) is 2.70. The molecule has 0 aromatic heterocycles. The maximum absolute atomic E-state index is 9.42. The van der Waals surface area contributed by atoms with Crippen LogP contribution < -0.4 is 5.32 Å². The lowest BCUT2D eigenvalue weighted by atomic mass is 10.0. The molecular formula is C14H19ClN2O3. The maximum Gasteiger partial charge on any atom is 0.102 e. The summed E-state index contributed by atoms with van der Waals surface area (Å²) in [5.41, 5.74) is 2.13. The highest BCUT2D eigenvalue weighted by molar-refractivity contribution is 6.18. The molecule has 0 saturated carbocycles. The monoisotopic (exact) mass is 298 g/mol. The second-order valence-corrected chi connectivity index (χ2v) is 5.49. The number of hydrogen-bond acceptors (Lipinski definition) is 5. The summed E-state index contributed by atoms with van der Waals surface area (Å²) < 4.78 is 11.3. The van der Waals surface area contributed by atoms with Crippen molar-refractivity contribution in [1.82, 2.24) is 4.90 Å². The normalized spacial score (nSPS) is 27.5. The van der Waals surface area contributed by atoms with Crippen LogP contribution in [0.4, 0.5) is 5.69 Å². The molecule has 0 bridgehead atoms. The smallest absolute Gasteiger partial charge is 0.102 e. The third kappa shape index (κ3) is 2.92. The number of aliphatic hydroxyl groups excluding tert-OH is 1. The van der Waals surface area contributed by atoms with Crippen molar-refractivity contribution in [2.24, 2.45) is 0 Å². The Balaban J connectivity index is 1.61. The fraction of sp³-hybridized carbons (Fsp3) is 0.571. The molecule has 20 heavy (non-hydrogen) atoms. The number of ether oxygens (including phenoxy) is 2. The number of halogens is 1. The van der Waals surface area contributed by atoms with Crippen LogP contribution in [0.2, 0.25) is 0 Å². The van der Waals surface area contributed by atoms with Crippen LogP contribution in [-0.4, -0.2) is 54.6 Å². The van der Waals surface area contributed by atoms with Gasteiger partial charge in [0.2, 0.25) is 0 Å². The van der Waals surface area contributed by atoms with E-state index in [0.717, 1.165) is 17.9 Å². The van der Waals surface area contributed by atoms with Crippen LogP contribution >= 0.6 is 11.6 Å². The SMILES string of the molecule is OC(CCl)CNc1ccc(C2OCN3COCC23)cc1. The molecule has 0 amide bonds. The first-order chi connectivity index (χ1) is 9.78. The summed E-state index contributed by atoms with van der Waals surface area (Å²) in [5.74, 6) is 0.235. The van der Waals surface area contributed by atoms with E-state index in [0.29, 0.717) is 26.0 Å². The van der Waals surface area contributed by atoms with Crippen molar-refractivity contribution in [2.45, 2.75) is 18.2 Å². The van der Waals surface area contributed by atoms with Gasteiger partial charge in [-0.1, -0.05) is 12.1 Å². The van der Waals surface area contributed by atoms with E-state index in [-0.39, 0.29) is 12.0 Å². The van der Waals surface area contributed by atoms with Gasteiger partial charge in [0.05, 0.1) is 24.6 Å². The number of fused-ring (bicyclic) bond motifs is 1. The highest BCUT2D eigenvalue weighted by Crippen LogP contribution is 2.34. The molecule has 2 fully saturated rings. The zero-order valence-corrected chi connectivity index (χ0v) is 11.9. The maximum atomic E-state index is 9.42. The number of rotatable bonds is 5. The topological polar surface area (TPSA) is 54.0 Å². The summed E-state index contributed by atoms with van der Waals surface area (Å²) in [5, 5.41) is 12.6. The average Bonchev–Trinajstić information content (AvgIpc) is 3.08. The first kappa shape index (κ1) is 14.1. The van der Waals surface area contributed by atoms with E-state index < -0.39 is 6.10 Å². The lowest BCUT2D eigenvalue weighted by Crippen LogP contribution is -2.27. The summed E-state index contributed by atoms with van der Waals surface area (Å²) in [4.78, 5) is 2.20. The Labute approximate surface area is 123 Å². The predicted molar refractivity (Wildman–Crippen MR) is 76.8 cm³/mol. The molecule has 0 radical (unpaired) electrons. The highest BCUT2D eigenvalue weighted by atomic mass is 35.5. The second kappa shape index (κ2) is 6.28. The van der Waals surface area contributed by atoms with Crippen molar-refractivity contribution >= 4 is 17.3 Å². The van der Waals surface area contributed by atoms with Gasteiger partial charge >= 0.3 is 0 Å². The van der Waals surface area contributed by atoms with Gasteiger partial charge in [-0.05, 0) is 17.7 Å². The van der Waals surface area contributed by atoms with Crippen LogP contribution in [0.25, 0.3) is 0 Å². The zero-order valence-electron chi connectivity index (χ0n) is 11.2. The molecule has 1 aromatic carbocycles. The van der Waals surface area contributed by atoms with Crippen molar-refractivity contribution < 1.29 is 14.6 Å². The van der Waals surface area contributed by atoms with Crippen molar-refractivity contribution in [2.75, 3.05) is 37.8 Å². The zero-order chi connectivity index (χ0) is 13.9. The van der Waals surface area contributed by atoms with Gasteiger partial charge in [0.1, 0.15) is 19.6 Å². The lowest BCUT2D eigenvalue weighted by molar-refractivity contribution is 0.0370. The van der Waals surface area contributed by atoms with Crippen LogP contribution in [0.5, 0.6) is 0 Å². The number of hydrogen-bond donors (Lipinski definition) is 2. The van der Waals surface area contributed by atoms with Crippen LogP contribution in [-0.2, 0) is 9.47 Å². The Morgan fingerprint density at radius 2 is 2.15 bits per heavy atom. The fourth-order valence-electron chi connectivity index (χ4n) is 2.59. The molecule has 3 atom stereocenters. The van der Waals surface area contributed by atoms with E-state index in [1.165, 1.54) is 0 Å². The van der Waals surface area contributed by atoms with Gasteiger partial charge in [0, 0.05) is 12.2 Å². The molecule has 0 spiro atoms. The minimum atomic E-state index is -0.529. The van der Waals surface area contributed by atoms with Gasteiger partial charge in [-0.15, -0.1) is 11.6 Å². The first-order valence-electron chi connectivity index (χ1n) is 6.79. The minimum Gasteiger partial charge on any atom is -0.390 e. The van der Waals surface area contributed by atoms with Gasteiger partial charge in [0.25, 0.3) is 0 Å². The van der Waals surface area contributed by atoms with E-state index in [1.54, 1.807) is 0 Å². The molecule has 6 heteroatoms. The van der Waals surface area contributed by atoms with Gasteiger partial charge < -0.3 is 19.9 Å².